The van der Waals surface area contributed by atoms with Crippen molar-refractivity contribution in [2.24, 2.45) is 5.41 Å². The number of amides is 2. The van der Waals surface area contributed by atoms with E-state index >= 15 is 4.39 Å². The molecular formula is C34H35CaF2N3O7. The van der Waals surface area contributed by atoms with E-state index in [1.165, 1.54) is 49.7 Å². The van der Waals surface area contributed by atoms with Crippen molar-refractivity contribution in [1.82, 2.24) is 4.98 Å². The van der Waals surface area contributed by atoms with Gasteiger partial charge in [0.05, 0.1) is 19.2 Å². The summed E-state index contributed by atoms with van der Waals surface area (Å²) in [5.74, 6) is -1.92. The molecule has 4 aromatic rings. The summed E-state index contributed by atoms with van der Waals surface area (Å²) < 4.78 is 45.7. The van der Waals surface area contributed by atoms with E-state index < -0.39 is 34.8 Å². The van der Waals surface area contributed by atoms with Gasteiger partial charge in [0, 0.05) is 41.5 Å². The Hall–Kier alpha value is -4.00. The van der Waals surface area contributed by atoms with Gasteiger partial charge in [-0.1, -0.05) is 12.8 Å². The third-order valence-corrected chi connectivity index (χ3v) is 7.66. The standard InChI is InChI=1S/C34H33F2N3O7.Ca.2H/c1-44-29-19-24-26(20-30(29)45-17-5-3-2-4-6-31(40)41)37-16-13-27(24)46-28-12-11-23(18-25(28)36)39-33(43)34(14-15-34)32(42)38-22-9-7-21(35)8-10-22;;;/h7-13,16,18-20H,2-6,14-15,17H2,1H3,(H,38,42)(H,39,43)(H,40,41);;;/q;+2;2*-1. The van der Waals surface area contributed by atoms with Crippen molar-refractivity contribution in [1.29, 1.82) is 0 Å². The average Bonchev–Trinajstić information content (AvgIpc) is 3.85. The molecule has 0 spiro atoms. The number of nitrogens with zero attached hydrogens (tertiary/aromatic N) is 1. The smallest absolute Gasteiger partial charge is 1.00 e. The van der Waals surface area contributed by atoms with E-state index in [9.17, 15) is 18.8 Å². The maximum absolute atomic E-state index is 15.2. The molecule has 1 aromatic heterocycles. The number of unbranched alkanes of at least 4 members (excludes halogenated alkanes) is 3. The number of hydrogen-bond acceptors (Lipinski definition) is 7. The molecule has 0 saturated heterocycles. The van der Waals surface area contributed by atoms with Crippen molar-refractivity contribution in [2.75, 3.05) is 24.4 Å². The van der Waals surface area contributed by atoms with Crippen molar-refractivity contribution in [3.63, 3.8) is 0 Å². The van der Waals surface area contributed by atoms with E-state index in [2.05, 4.69) is 15.6 Å². The van der Waals surface area contributed by atoms with Crippen molar-refractivity contribution in [2.45, 2.75) is 44.9 Å². The van der Waals surface area contributed by atoms with Crippen LogP contribution in [0.3, 0.4) is 0 Å². The number of carboxylic acid groups (broad SMARTS) is 1. The monoisotopic (exact) mass is 675 g/mol. The molecule has 0 radical (unpaired) electrons. The third-order valence-electron chi connectivity index (χ3n) is 7.66. The number of nitrogens with one attached hydrogen (secondary N) is 2. The van der Waals surface area contributed by atoms with E-state index in [-0.39, 0.29) is 58.4 Å². The van der Waals surface area contributed by atoms with Crippen LogP contribution in [0.5, 0.6) is 23.0 Å². The van der Waals surface area contributed by atoms with Gasteiger partial charge < -0.3 is 32.8 Å². The first kappa shape index (κ1) is 35.8. The number of ether oxygens (including phenoxy) is 3. The number of aliphatic carboxylic acids is 1. The SMILES string of the molecule is COc1cc2c(Oc3ccc(NC(=O)C4(C(=O)Nc5ccc(F)cc5)CC4)cc3F)ccnc2cc1OCCCCCCC(=O)O.[Ca+2].[H-].[H-]. The molecule has 10 nitrogen and oxygen atoms in total. The normalized spacial score (nSPS) is 12.8. The van der Waals surface area contributed by atoms with E-state index in [4.69, 9.17) is 19.3 Å². The minimum Gasteiger partial charge on any atom is -1.00 e. The van der Waals surface area contributed by atoms with Gasteiger partial charge >= 0.3 is 43.7 Å². The van der Waals surface area contributed by atoms with Crippen LogP contribution in [0.1, 0.15) is 47.8 Å². The summed E-state index contributed by atoms with van der Waals surface area (Å²) in [6, 6.07) is 14.2. The number of rotatable bonds is 15. The van der Waals surface area contributed by atoms with E-state index in [1.54, 1.807) is 18.2 Å². The Morgan fingerprint density at radius 2 is 1.53 bits per heavy atom. The fraction of sp³-hybridized carbons (Fsp3) is 0.294. The summed E-state index contributed by atoms with van der Waals surface area (Å²) in [6.45, 7) is 0.416. The molecule has 1 aliphatic rings. The van der Waals surface area contributed by atoms with Gasteiger partial charge in [0.2, 0.25) is 11.8 Å². The number of anilines is 2. The third kappa shape index (κ3) is 9.09. The molecule has 47 heavy (non-hydrogen) atoms. The molecule has 2 amide bonds. The number of carbonyl (C=O) groups excluding carboxylic acids is 2. The Bertz CT molecular complexity index is 1760. The molecule has 1 fully saturated rings. The molecule has 0 aliphatic heterocycles. The Morgan fingerprint density at radius 1 is 0.851 bits per heavy atom. The maximum Gasteiger partial charge on any atom is 2.00 e. The topological polar surface area (TPSA) is 136 Å². The van der Waals surface area contributed by atoms with Crippen LogP contribution in [0.15, 0.2) is 66.9 Å². The van der Waals surface area contributed by atoms with Gasteiger partial charge in [-0.15, -0.1) is 0 Å². The van der Waals surface area contributed by atoms with Crippen LogP contribution in [0.25, 0.3) is 10.9 Å². The molecule has 13 heteroatoms. The molecule has 1 saturated carbocycles. The van der Waals surface area contributed by atoms with Gasteiger partial charge in [0.25, 0.3) is 0 Å². The second-order valence-electron chi connectivity index (χ2n) is 11.0. The molecule has 3 N–H and O–H groups in total. The number of benzene rings is 3. The number of methoxy groups -OCH3 is 1. The summed E-state index contributed by atoms with van der Waals surface area (Å²) in [4.78, 5) is 40.9. The Labute approximate surface area is 302 Å². The van der Waals surface area contributed by atoms with Gasteiger partial charge in [-0.3, -0.25) is 19.4 Å². The summed E-state index contributed by atoms with van der Waals surface area (Å²) in [5, 5.41) is 14.6. The second-order valence-corrected chi connectivity index (χ2v) is 11.0. The summed E-state index contributed by atoms with van der Waals surface area (Å²) >= 11 is 0. The van der Waals surface area contributed by atoms with Crippen molar-refractivity contribution in [3.8, 4) is 23.0 Å². The molecule has 1 heterocycles. The number of carbonyl (C=O) groups is 3. The number of fused-ring (bicyclic) bond motifs is 1. The quantitative estimate of drug-likeness (QED) is 0.0702. The fourth-order valence-corrected chi connectivity index (χ4v) is 4.90. The summed E-state index contributed by atoms with van der Waals surface area (Å²) in [7, 11) is 1.50. The minimum atomic E-state index is -1.29. The predicted octanol–water partition coefficient (Wildman–Crippen LogP) is 6.93. The first-order valence-electron chi connectivity index (χ1n) is 14.9. The van der Waals surface area contributed by atoms with Crippen LogP contribution in [-0.4, -0.2) is 79.3 Å². The Morgan fingerprint density at radius 3 is 2.19 bits per heavy atom. The maximum atomic E-state index is 15.2. The van der Waals surface area contributed by atoms with Crippen LogP contribution in [0, 0.1) is 17.0 Å². The van der Waals surface area contributed by atoms with Gasteiger partial charge in [-0.2, -0.15) is 0 Å². The van der Waals surface area contributed by atoms with Crippen LogP contribution >= 0.6 is 0 Å². The Balaban J connectivity index is 0.00000278. The van der Waals surface area contributed by atoms with Crippen molar-refractivity contribution < 1.29 is 45.3 Å². The van der Waals surface area contributed by atoms with Gasteiger partial charge in [0.1, 0.15) is 17.0 Å². The fourth-order valence-electron chi connectivity index (χ4n) is 4.90. The molecule has 244 valence electrons. The summed E-state index contributed by atoms with van der Waals surface area (Å²) in [5.41, 5.74) is -0.238. The molecule has 5 rings (SSSR count). The van der Waals surface area contributed by atoms with E-state index in [0.29, 0.717) is 59.7 Å². The largest absolute Gasteiger partial charge is 2.00 e. The number of aromatic nitrogens is 1. The number of pyridine rings is 1. The van der Waals surface area contributed by atoms with Gasteiger partial charge in [-0.05, 0) is 74.2 Å². The minimum absolute atomic E-state index is 0. The molecule has 0 bridgehead atoms. The van der Waals surface area contributed by atoms with Crippen LogP contribution in [0.4, 0.5) is 20.2 Å². The van der Waals surface area contributed by atoms with Crippen LogP contribution in [-0.2, 0) is 14.4 Å². The number of hydrogen-bond donors (Lipinski definition) is 3. The molecule has 1 aliphatic carbocycles. The first-order chi connectivity index (χ1) is 22.2. The zero-order valence-electron chi connectivity index (χ0n) is 27.8. The zero-order chi connectivity index (χ0) is 32.7. The number of halogens is 2. The number of carboxylic acids is 1. The van der Waals surface area contributed by atoms with Gasteiger partial charge in [0.15, 0.2) is 23.1 Å². The van der Waals surface area contributed by atoms with Crippen molar-refractivity contribution >= 4 is 77.8 Å². The Kier molecular flexibility index (Phi) is 12.4. The predicted molar refractivity (Wildman–Crippen MR) is 174 cm³/mol. The van der Waals surface area contributed by atoms with Gasteiger partial charge in [-0.25, -0.2) is 8.78 Å². The van der Waals surface area contributed by atoms with Crippen LogP contribution < -0.4 is 24.8 Å². The second kappa shape index (κ2) is 16.2. The molecular weight excluding hydrogens is 640 g/mol. The zero-order valence-corrected chi connectivity index (χ0v) is 28.0. The van der Waals surface area contributed by atoms with E-state index in [0.717, 1.165) is 25.3 Å². The van der Waals surface area contributed by atoms with Crippen LogP contribution in [0.2, 0.25) is 0 Å². The average molecular weight is 676 g/mol. The molecule has 0 unspecified atom stereocenters. The first-order valence-corrected chi connectivity index (χ1v) is 14.9. The van der Waals surface area contributed by atoms with Crippen molar-refractivity contribution in [3.05, 3.63) is 78.5 Å². The molecule has 3 aromatic carbocycles. The summed E-state index contributed by atoms with van der Waals surface area (Å²) in [6.07, 6.45) is 5.34. The molecule has 0 atom stereocenters. The van der Waals surface area contributed by atoms with E-state index in [1.807, 2.05) is 0 Å².